The fourth-order valence-electron chi connectivity index (χ4n) is 5.58. The second kappa shape index (κ2) is 11.3. The number of hydrogen-bond acceptors (Lipinski definition) is 7. The normalized spacial score (nSPS) is 15.0. The number of likely N-dealkylation sites (N-methyl/N-ethyl adjacent to an activating group) is 1. The first kappa shape index (κ1) is 27.4. The van der Waals surface area contributed by atoms with Gasteiger partial charge in [0.15, 0.2) is 0 Å². The van der Waals surface area contributed by atoms with Crippen LogP contribution in [0.5, 0.6) is 5.88 Å². The van der Waals surface area contributed by atoms with Crippen LogP contribution in [-0.2, 0) is 11.8 Å². The van der Waals surface area contributed by atoms with Crippen LogP contribution in [0.2, 0.25) is 0 Å². The molecule has 0 spiro atoms. The van der Waals surface area contributed by atoms with E-state index in [9.17, 15) is 14.7 Å². The van der Waals surface area contributed by atoms with Gasteiger partial charge in [0.1, 0.15) is 0 Å². The Morgan fingerprint density at radius 1 is 0.881 bits per heavy atom. The smallest absolute Gasteiger partial charge is 0.337 e. The van der Waals surface area contributed by atoms with Gasteiger partial charge in [-0.25, -0.2) is 9.79 Å². The summed E-state index contributed by atoms with van der Waals surface area (Å²) in [5.41, 5.74) is 4.58. The van der Waals surface area contributed by atoms with Crippen molar-refractivity contribution >= 4 is 45.1 Å². The lowest BCUT2D eigenvalue weighted by molar-refractivity contribution is 0.0600. The molecule has 1 fully saturated rings. The minimum absolute atomic E-state index is 0.0383. The van der Waals surface area contributed by atoms with Crippen molar-refractivity contribution < 1.29 is 19.4 Å². The third kappa shape index (κ3) is 5.08. The molecule has 3 aromatic carbocycles. The lowest BCUT2D eigenvalue weighted by Gasteiger charge is -2.31. The summed E-state index contributed by atoms with van der Waals surface area (Å²) in [5, 5.41) is 13.0. The van der Waals surface area contributed by atoms with Crippen LogP contribution in [0, 0.1) is 0 Å². The van der Waals surface area contributed by atoms with Crippen LogP contribution in [0.3, 0.4) is 0 Å². The fraction of sp³-hybridized carbons (Fsp3) is 0.242. The minimum atomic E-state index is -0.446. The van der Waals surface area contributed by atoms with Gasteiger partial charge in [-0.05, 0) is 43.4 Å². The summed E-state index contributed by atoms with van der Waals surface area (Å²) >= 11 is 0. The highest BCUT2D eigenvalue weighted by atomic mass is 16.5. The number of aromatic nitrogens is 2. The van der Waals surface area contributed by atoms with Gasteiger partial charge in [-0.15, -0.1) is 0 Å². The fourth-order valence-corrected chi connectivity index (χ4v) is 5.58. The Labute approximate surface area is 243 Å². The maximum atomic E-state index is 13.2. The van der Waals surface area contributed by atoms with Crippen molar-refractivity contribution in [2.45, 2.75) is 0 Å². The van der Waals surface area contributed by atoms with E-state index in [4.69, 9.17) is 9.73 Å². The van der Waals surface area contributed by atoms with E-state index in [-0.39, 0.29) is 11.8 Å². The number of hydrogen-bond donors (Lipinski definition) is 1. The Bertz CT molecular complexity index is 1830. The highest BCUT2D eigenvalue weighted by Gasteiger charge is 2.23. The Balaban J connectivity index is 1.40. The highest BCUT2D eigenvalue weighted by Crippen LogP contribution is 2.35. The number of fused-ring (bicyclic) bond motifs is 2. The maximum absolute atomic E-state index is 13.2. The summed E-state index contributed by atoms with van der Waals surface area (Å²) < 4.78 is 8.25. The second-order valence-electron chi connectivity index (χ2n) is 10.7. The van der Waals surface area contributed by atoms with Gasteiger partial charge in [0.2, 0.25) is 11.8 Å². The second-order valence-corrected chi connectivity index (χ2v) is 10.7. The third-order valence-electron chi connectivity index (χ3n) is 8.01. The first-order valence-corrected chi connectivity index (χ1v) is 13.9. The molecule has 6 rings (SSSR count). The van der Waals surface area contributed by atoms with Crippen molar-refractivity contribution in [2.75, 3.05) is 46.9 Å². The number of ether oxygens (including phenoxy) is 1. The van der Waals surface area contributed by atoms with Crippen molar-refractivity contribution in [3.63, 3.8) is 0 Å². The molecule has 1 aliphatic rings. The van der Waals surface area contributed by atoms with Gasteiger partial charge in [-0.2, -0.15) is 0 Å². The third-order valence-corrected chi connectivity index (χ3v) is 8.01. The number of esters is 1. The average molecular weight is 564 g/mol. The van der Waals surface area contributed by atoms with E-state index in [2.05, 4.69) is 16.8 Å². The van der Waals surface area contributed by atoms with Crippen LogP contribution in [0.4, 0.5) is 5.69 Å². The van der Waals surface area contributed by atoms with E-state index in [1.54, 1.807) is 28.3 Å². The molecule has 1 saturated heterocycles. The van der Waals surface area contributed by atoms with Crippen LogP contribution in [0.15, 0.2) is 84.0 Å². The molecular weight excluding hydrogens is 530 g/mol. The summed E-state index contributed by atoms with van der Waals surface area (Å²) in [4.78, 5) is 34.9. The topological polar surface area (TPSA) is 92.3 Å². The maximum Gasteiger partial charge on any atom is 0.337 e. The lowest BCUT2D eigenvalue weighted by Crippen LogP contribution is -2.46. The number of aromatic hydroxyl groups is 1. The van der Waals surface area contributed by atoms with Gasteiger partial charge >= 0.3 is 5.97 Å². The number of carbonyl (C=O) groups excluding carboxylic acids is 2. The molecule has 0 saturated carbocycles. The van der Waals surface area contributed by atoms with Gasteiger partial charge in [-0.1, -0.05) is 36.4 Å². The molecular formula is C33H33N5O4. The zero-order valence-corrected chi connectivity index (χ0v) is 23.9. The zero-order chi connectivity index (χ0) is 29.4. The molecule has 2 aromatic heterocycles. The highest BCUT2D eigenvalue weighted by molar-refractivity contribution is 6.22. The monoisotopic (exact) mass is 563 g/mol. The van der Waals surface area contributed by atoms with Crippen LogP contribution >= 0.6 is 0 Å². The van der Waals surface area contributed by atoms with Gasteiger partial charge in [0.25, 0.3) is 0 Å². The summed E-state index contributed by atoms with van der Waals surface area (Å²) in [6.45, 7) is 4.07. The van der Waals surface area contributed by atoms with Gasteiger partial charge in [-0.3, -0.25) is 14.3 Å². The molecule has 0 unspecified atom stereocenters. The minimum Gasteiger partial charge on any atom is -0.494 e. The number of aliphatic imine (C=N–C) groups is 1. The van der Waals surface area contributed by atoms with Gasteiger partial charge < -0.3 is 19.3 Å². The van der Waals surface area contributed by atoms with Crippen LogP contribution in [-0.4, -0.2) is 88.5 Å². The van der Waals surface area contributed by atoms with E-state index in [1.807, 2.05) is 66.9 Å². The molecule has 5 aromatic rings. The van der Waals surface area contributed by atoms with E-state index in [1.165, 1.54) is 7.11 Å². The summed E-state index contributed by atoms with van der Waals surface area (Å²) in [5.74, 6) is -0.363. The molecule has 0 aliphatic carbocycles. The summed E-state index contributed by atoms with van der Waals surface area (Å²) in [6, 6.07) is 22.6. The van der Waals surface area contributed by atoms with Crippen molar-refractivity contribution in [3.05, 3.63) is 95.7 Å². The van der Waals surface area contributed by atoms with Crippen molar-refractivity contribution in [3.8, 4) is 5.88 Å². The molecule has 0 atom stereocenters. The number of carbonyl (C=O) groups is 2. The molecule has 0 amide bonds. The van der Waals surface area contributed by atoms with E-state index in [0.717, 1.165) is 48.0 Å². The standard InChI is InChI=1S/C33H33N5O4/c1-35-15-17-37(18-16-35)21-29(39)38-14-13-23-19-25(10-12-27(23)38)34-31(22-7-5-4-6-8-22)30-26-11-9-24(33(41)42-3)20-28(26)36(2)32(30)40/h4-14,19-20,40H,15-18,21H2,1-3H3. The van der Waals surface area contributed by atoms with Crippen LogP contribution in [0.1, 0.15) is 26.3 Å². The molecule has 9 nitrogen and oxygen atoms in total. The molecule has 9 heteroatoms. The molecule has 3 heterocycles. The van der Waals surface area contributed by atoms with Crippen molar-refractivity contribution in [1.82, 2.24) is 18.9 Å². The Morgan fingerprint density at radius 2 is 1.64 bits per heavy atom. The van der Waals surface area contributed by atoms with E-state index < -0.39 is 5.97 Å². The molecule has 214 valence electrons. The largest absolute Gasteiger partial charge is 0.494 e. The molecule has 1 aliphatic heterocycles. The number of methoxy groups -OCH3 is 1. The van der Waals surface area contributed by atoms with Gasteiger partial charge in [0.05, 0.1) is 47.2 Å². The Morgan fingerprint density at radius 3 is 2.38 bits per heavy atom. The van der Waals surface area contributed by atoms with Crippen molar-refractivity contribution in [1.29, 1.82) is 0 Å². The number of aryl methyl sites for hydroxylation is 1. The van der Waals surface area contributed by atoms with Crippen LogP contribution < -0.4 is 0 Å². The quantitative estimate of drug-likeness (QED) is 0.238. The molecule has 42 heavy (non-hydrogen) atoms. The Kier molecular flexibility index (Phi) is 7.36. The SMILES string of the molecule is COC(=O)c1ccc2c(C(=Nc3ccc4c(ccn4C(=O)CN4CCN(C)CC4)c3)c3ccccc3)c(O)n(C)c2c1. The predicted octanol–water partition coefficient (Wildman–Crippen LogP) is 4.68. The van der Waals surface area contributed by atoms with Crippen molar-refractivity contribution in [2.24, 2.45) is 12.0 Å². The van der Waals surface area contributed by atoms with E-state index in [0.29, 0.717) is 34.6 Å². The average Bonchev–Trinajstić information content (AvgIpc) is 3.55. The molecule has 1 N–H and O–H groups in total. The Hall–Kier alpha value is -4.73. The van der Waals surface area contributed by atoms with E-state index >= 15 is 0 Å². The number of nitrogens with zero attached hydrogens (tertiary/aromatic N) is 5. The number of benzene rings is 3. The summed E-state index contributed by atoms with van der Waals surface area (Å²) in [7, 11) is 5.19. The lowest BCUT2D eigenvalue weighted by atomic mass is 10.00. The molecule has 0 radical (unpaired) electrons. The number of piperazine rings is 1. The first-order valence-electron chi connectivity index (χ1n) is 13.9. The zero-order valence-electron chi connectivity index (χ0n) is 23.9. The number of rotatable bonds is 6. The predicted molar refractivity (Wildman–Crippen MR) is 164 cm³/mol. The van der Waals surface area contributed by atoms with Crippen LogP contribution in [0.25, 0.3) is 21.8 Å². The first-order chi connectivity index (χ1) is 20.3. The van der Waals surface area contributed by atoms with Gasteiger partial charge in [0, 0.05) is 55.8 Å². The molecule has 0 bridgehead atoms. The summed E-state index contributed by atoms with van der Waals surface area (Å²) in [6.07, 6.45) is 1.82.